The minimum atomic E-state index is 0.216. The Bertz CT molecular complexity index is 765. The van der Waals surface area contributed by atoms with Crippen LogP contribution in [0.3, 0.4) is 0 Å². The molecule has 0 aliphatic carbocycles. The van der Waals surface area contributed by atoms with Gasteiger partial charge >= 0.3 is 0 Å². The zero-order chi connectivity index (χ0) is 15.5. The lowest BCUT2D eigenvalue weighted by Gasteiger charge is -2.23. The van der Waals surface area contributed by atoms with Crippen molar-refractivity contribution < 1.29 is 0 Å². The molecule has 1 atom stereocenters. The molecular formula is C15H19N7. The van der Waals surface area contributed by atoms with Crippen LogP contribution in [0.2, 0.25) is 0 Å². The van der Waals surface area contributed by atoms with Gasteiger partial charge in [0.2, 0.25) is 0 Å². The van der Waals surface area contributed by atoms with Crippen LogP contribution < -0.4 is 5.32 Å². The quantitative estimate of drug-likeness (QED) is 0.769. The highest BCUT2D eigenvalue weighted by molar-refractivity contribution is 5.71. The molecule has 0 fully saturated rings. The molecule has 0 spiro atoms. The van der Waals surface area contributed by atoms with E-state index in [1.54, 1.807) is 12.4 Å². The lowest BCUT2D eigenvalue weighted by Crippen LogP contribution is -2.26. The maximum absolute atomic E-state index is 4.48. The average molecular weight is 297 g/mol. The fourth-order valence-electron chi connectivity index (χ4n) is 2.36. The Balaban J connectivity index is 1.76. The second kappa shape index (κ2) is 6.07. The van der Waals surface area contributed by atoms with E-state index in [0.29, 0.717) is 5.65 Å². The summed E-state index contributed by atoms with van der Waals surface area (Å²) in [7, 11) is 6.03. The van der Waals surface area contributed by atoms with Crippen LogP contribution in [0.5, 0.6) is 0 Å². The first-order valence-corrected chi connectivity index (χ1v) is 7.10. The molecule has 0 amide bonds. The summed E-state index contributed by atoms with van der Waals surface area (Å²) in [6.45, 7) is 0.734. The van der Waals surface area contributed by atoms with Crippen LogP contribution in [0.1, 0.15) is 11.6 Å². The molecule has 7 nitrogen and oxygen atoms in total. The number of anilines is 1. The molecule has 1 N–H and O–H groups in total. The zero-order valence-electron chi connectivity index (χ0n) is 12.9. The summed E-state index contributed by atoms with van der Waals surface area (Å²) < 4.78 is 1.82. The standard InChI is InChI=1S/C15H19N7/c1-21(2)13(11-8-19-22(3)10-11)9-18-14-5-4-12-15(20-14)17-7-6-16-12/h4-8,10,13H,9H2,1-3H3,(H,17,18,20). The second-order valence-corrected chi connectivity index (χ2v) is 5.40. The summed E-state index contributed by atoms with van der Waals surface area (Å²) in [4.78, 5) is 15.1. The fourth-order valence-corrected chi connectivity index (χ4v) is 2.36. The molecule has 3 aromatic rings. The summed E-state index contributed by atoms with van der Waals surface area (Å²) in [5.41, 5.74) is 2.61. The van der Waals surface area contributed by atoms with Gasteiger partial charge in [0.1, 0.15) is 11.3 Å². The Morgan fingerprint density at radius 1 is 1.23 bits per heavy atom. The number of aromatic nitrogens is 5. The van der Waals surface area contributed by atoms with Gasteiger partial charge in [0.25, 0.3) is 0 Å². The van der Waals surface area contributed by atoms with Crippen LogP contribution in [-0.4, -0.2) is 50.3 Å². The normalized spacial score (nSPS) is 12.7. The molecule has 1 unspecified atom stereocenters. The highest BCUT2D eigenvalue weighted by atomic mass is 15.2. The molecule has 0 bridgehead atoms. The number of aryl methyl sites for hydroxylation is 1. The van der Waals surface area contributed by atoms with Gasteiger partial charge in [-0.2, -0.15) is 5.10 Å². The van der Waals surface area contributed by atoms with E-state index in [0.717, 1.165) is 17.9 Å². The Labute approximate surface area is 129 Å². The summed E-state index contributed by atoms with van der Waals surface area (Å²) >= 11 is 0. The molecule has 114 valence electrons. The van der Waals surface area contributed by atoms with E-state index in [1.807, 2.05) is 36.3 Å². The Morgan fingerprint density at radius 2 is 2.05 bits per heavy atom. The number of fused-ring (bicyclic) bond motifs is 1. The topological polar surface area (TPSA) is 71.8 Å². The van der Waals surface area contributed by atoms with E-state index in [1.165, 1.54) is 5.56 Å². The number of nitrogens with zero attached hydrogens (tertiary/aromatic N) is 6. The molecule has 3 rings (SSSR count). The Morgan fingerprint density at radius 3 is 2.77 bits per heavy atom. The molecular weight excluding hydrogens is 278 g/mol. The highest BCUT2D eigenvalue weighted by Gasteiger charge is 2.15. The van der Waals surface area contributed by atoms with Crippen LogP contribution in [0.15, 0.2) is 36.9 Å². The van der Waals surface area contributed by atoms with Crippen LogP contribution >= 0.6 is 0 Å². The van der Waals surface area contributed by atoms with Crippen molar-refractivity contribution in [1.82, 2.24) is 29.6 Å². The molecule has 7 heteroatoms. The monoisotopic (exact) mass is 297 g/mol. The minimum Gasteiger partial charge on any atom is -0.368 e. The van der Waals surface area contributed by atoms with Crippen molar-refractivity contribution >= 4 is 17.0 Å². The van der Waals surface area contributed by atoms with Crippen molar-refractivity contribution in [2.24, 2.45) is 7.05 Å². The SMILES string of the molecule is CN(C)C(CNc1ccc2nccnc2n1)c1cnn(C)c1. The summed E-state index contributed by atoms with van der Waals surface area (Å²) in [6.07, 6.45) is 7.25. The van der Waals surface area contributed by atoms with Gasteiger partial charge in [-0.1, -0.05) is 0 Å². The molecule has 0 radical (unpaired) electrons. The minimum absolute atomic E-state index is 0.216. The number of hydrogen-bond acceptors (Lipinski definition) is 6. The first-order valence-electron chi connectivity index (χ1n) is 7.10. The summed E-state index contributed by atoms with van der Waals surface area (Å²) in [5.74, 6) is 0.795. The third-order valence-electron chi connectivity index (χ3n) is 3.54. The van der Waals surface area contributed by atoms with Crippen molar-refractivity contribution in [3.05, 3.63) is 42.5 Å². The van der Waals surface area contributed by atoms with Crippen LogP contribution in [-0.2, 0) is 7.05 Å². The van der Waals surface area contributed by atoms with E-state index in [9.17, 15) is 0 Å². The predicted octanol–water partition coefficient (Wildman–Crippen LogP) is 1.47. The highest BCUT2D eigenvalue weighted by Crippen LogP contribution is 2.18. The molecule has 0 aliphatic rings. The summed E-state index contributed by atoms with van der Waals surface area (Å²) in [5, 5.41) is 7.61. The molecule has 0 saturated carbocycles. The van der Waals surface area contributed by atoms with E-state index in [4.69, 9.17) is 0 Å². The van der Waals surface area contributed by atoms with E-state index < -0.39 is 0 Å². The second-order valence-electron chi connectivity index (χ2n) is 5.40. The Kier molecular flexibility index (Phi) is 3.97. The van der Waals surface area contributed by atoms with E-state index >= 15 is 0 Å². The van der Waals surface area contributed by atoms with E-state index in [2.05, 4.69) is 44.4 Å². The van der Waals surface area contributed by atoms with Gasteiger partial charge in [0, 0.05) is 37.7 Å². The van der Waals surface area contributed by atoms with Crippen LogP contribution in [0.25, 0.3) is 11.2 Å². The first kappa shape index (κ1) is 14.4. The first-order chi connectivity index (χ1) is 10.6. The lowest BCUT2D eigenvalue weighted by atomic mass is 10.1. The average Bonchev–Trinajstić information content (AvgIpc) is 2.93. The van der Waals surface area contributed by atoms with Crippen LogP contribution in [0.4, 0.5) is 5.82 Å². The van der Waals surface area contributed by atoms with Crippen molar-refractivity contribution in [3.8, 4) is 0 Å². The summed E-state index contributed by atoms with van der Waals surface area (Å²) in [6, 6.07) is 4.06. The fraction of sp³-hybridized carbons (Fsp3) is 0.333. The largest absolute Gasteiger partial charge is 0.368 e. The van der Waals surface area contributed by atoms with Crippen molar-refractivity contribution in [3.63, 3.8) is 0 Å². The van der Waals surface area contributed by atoms with E-state index in [-0.39, 0.29) is 6.04 Å². The zero-order valence-corrected chi connectivity index (χ0v) is 12.9. The number of pyridine rings is 1. The molecule has 0 aromatic carbocycles. The maximum atomic E-state index is 4.48. The maximum Gasteiger partial charge on any atom is 0.180 e. The predicted molar refractivity (Wildman–Crippen MR) is 85.5 cm³/mol. The molecule has 0 aliphatic heterocycles. The van der Waals surface area contributed by atoms with Gasteiger partial charge in [-0.15, -0.1) is 0 Å². The van der Waals surface area contributed by atoms with Crippen molar-refractivity contribution in [1.29, 1.82) is 0 Å². The molecule has 22 heavy (non-hydrogen) atoms. The molecule has 0 saturated heterocycles. The molecule has 3 aromatic heterocycles. The lowest BCUT2D eigenvalue weighted by molar-refractivity contribution is 0.311. The smallest absolute Gasteiger partial charge is 0.180 e. The Hall–Kier alpha value is -2.54. The van der Waals surface area contributed by atoms with Gasteiger partial charge in [-0.3, -0.25) is 9.67 Å². The number of rotatable bonds is 5. The van der Waals surface area contributed by atoms with Gasteiger partial charge in [-0.25, -0.2) is 9.97 Å². The van der Waals surface area contributed by atoms with Gasteiger partial charge in [0.05, 0.1) is 12.2 Å². The van der Waals surface area contributed by atoms with Gasteiger partial charge in [-0.05, 0) is 26.2 Å². The van der Waals surface area contributed by atoms with Crippen molar-refractivity contribution in [2.45, 2.75) is 6.04 Å². The van der Waals surface area contributed by atoms with Crippen molar-refractivity contribution in [2.75, 3.05) is 26.0 Å². The van der Waals surface area contributed by atoms with Gasteiger partial charge < -0.3 is 10.2 Å². The molecule has 3 heterocycles. The third-order valence-corrected chi connectivity index (χ3v) is 3.54. The number of likely N-dealkylation sites (N-methyl/N-ethyl adjacent to an activating group) is 1. The number of hydrogen-bond donors (Lipinski definition) is 1. The third kappa shape index (κ3) is 3.04. The number of nitrogens with one attached hydrogen (secondary N) is 1. The van der Waals surface area contributed by atoms with Crippen LogP contribution in [0, 0.1) is 0 Å². The van der Waals surface area contributed by atoms with Gasteiger partial charge in [0.15, 0.2) is 5.65 Å².